The van der Waals surface area contributed by atoms with Crippen LogP contribution in [-0.2, 0) is 19.1 Å². The molecule has 5 nitrogen and oxygen atoms in total. The van der Waals surface area contributed by atoms with E-state index in [2.05, 4.69) is 14.8 Å². The van der Waals surface area contributed by atoms with Crippen molar-refractivity contribution in [2.75, 3.05) is 20.0 Å². The highest BCUT2D eigenvalue weighted by Gasteiger charge is 2.34. The molecule has 1 aliphatic rings. The first-order valence-corrected chi connectivity index (χ1v) is 4.77. The number of rotatable bonds is 2. The molecule has 1 fully saturated rings. The Kier molecular flexibility index (Phi) is 3.56. The molecular formula is C7H11NO4S. The van der Waals surface area contributed by atoms with Crippen LogP contribution in [0.3, 0.4) is 0 Å². The average Bonchev–Trinajstić information content (AvgIpc) is 2.64. The van der Waals surface area contributed by atoms with Crippen molar-refractivity contribution in [3.8, 4) is 0 Å². The van der Waals surface area contributed by atoms with Gasteiger partial charge in [-0.1, -0.05) is 0 Å². The summed E-state index contributed by atoms with van der Waals surface area (Å²) < 4.78 is 9.05. The number of esters is 2. The van der Waals surface area contributed by atoms with Crippen LogP contribution >= 0.6 is 11.8 Å². The van der Waals surface area contributed by atoms with Crippen molar-refractivity contribution in [2.24, 2.45) is 0 Å². The van der Waals surface area contributed by atoms with Crippen molar-refractivity contribution in [3.63, 3.8) is 0 Å². The summed E-state index contributed by atoms with van der Waals surface area (Å²) in [6, 6.07) is -0.404. The van der Waals surface area contributed by atoms with Crippen molar-refractivity contribution >= 4 is 23.7 Å². The standard InChI is InChI=1S/C7H11NO4S/c1-11-6(9)4-3-13-5(8-4)7(10)12-2/h4-5,8H,3H2,1-2H3. The Labute approximate surface area is 80.1 Å². The van der Waals surface area contributed by atoms with Gasteiger partial charge in [0.25, 0.3) is 0 Å². The summed E-state index contributed by atoms with van der Waals surface area (Å²) >= 11 is 1.34. The molecule has 0 saturated carbocycles. The van der Waals surface area contributed by atoms with E-state index in [-0.39, 0.29) is 11.9 Å². The molecule has 0 radical (unpaired) electrons. The largest absolute Gasteiger partial charge is 0.468 e. The Hall–Kier alpha value is -0.750. The molecule has 1 heterocycles. The van der Waals surface area contributed by atoms with Crippen molar-refractivity contribution < 1.29 is 19.1 Å². The lowest BCUT2D eigenvalue weighted by Crippen LogP contribution is -2.40. The maximum absolute atomic E-state index is 11.0. The normalized spacial score (nSPS) is 26.9. The number of carbonyl (C=O) groups is 2. The highest BCUT2D eigenvalue weighted by atomic mass is 32.2. The third-order valence-electron chi connectivity index (χ3n) is 1.68. The minimum Gasteiger partial charge on any atom is -0.468 e. The second-order valence-electron chi connectivity index (χ2n) is 2.48. The molecule has 13 heavy (non-hydrogen) atoms. The second kappa shape index (κ2) is 4.48. The van der Waals surface area contributed by atoms with Crippen LogP contribution in [0.25, 0.3) is 0 Å². The number of hydrogen-bond acceptors (Lipinski definition) is 6. The van der Waals surface area contributed by atoms with E-state index in [9.17, 15) is 9.59 Å². The number of ether oxygens (including phenoxy) is 2. The summed E-state index contributed by atoms with van der Waals surface area (Å²) in [5.74, 6) is -0.179. The number of methoxy groups -OCH3 is 2. The molecule has 1 rings (SSSR count). The van der Waals surface area contributed by atoms with E-state index in [1.807, 2.05) is 0 Å². The molecule has 6 heteroatoms. The zero-order valence-corrected chi connectivity index (χ0v) is 8.22. The first-order valence-electron chi connectivity index (χ1n) is 3.72. The fourth-order valence-electron chi connectivity index (χ4n) is 0.993. The van der Waals surface area contributed by atoms with Gasteiger partial charge in [-0.15, -0.1) is 11.8 Å². The lowest BCUT2D eigenvalue weighted by atomic mass is 10.3. The van der Waals surface area contributed by atoms with Crippen LogP contribution in [0.15, 0.2) is 0 Å². The Morgan fingerprint density at radius 2 is 1.92 bits per heavy atom. The fourth-order valence-corrected chi connectivity index (χ4v) is 2.10. The van der Waals surface area contributed by atoms with Gasteiger partial charge in [0.1, 0.15) is 6.04 Å². The lowest BCUT2D eigenvalue weighted by Gasteiger charge is -2.09. The molecular weight excluding hydrogens is 194 g/mol. The van der Waals surface area contributed by atoms with Crippen LogP contribution in [0.2, 0.25) is 0 Å². The zero-order chi connectivity index (χ0) is 9.84. The highest BCUT2D eigenvalue weighted by molar-refractivity contribution is 8.00. The van der Waals surface area contributed by atoms with Gasteiger partial charge < -0.3 is 9.47 Å². The van der Waals surface area contributed by atoms with E-state index in [1.165, 1.54) is 26.0 Å². The van der Waals surface area contributed by atoms with Crippen molar-refractivity contribution in [1.82, 2.24) is 5.32 Å². The second-order valence-corrected chi connectivity index (χ2v) is 3.62. The highest BCUT2D eigenvalue weighted by Crippen LogP contribution is 2.20. The molecule has 0 aliphatic carbocycles. The quantitative estimate of drug-likeness (QED) is 0.605. The smallest absolute Gasteiger partial charge is 0.333 e. The average molecular weight is 205 g/mol. The third kappa shape index (κ3) is 2.35. The van der Waals surface area contributed by atoms with Crippen LogP contribution in [0, 0.1) is 0 Å². The summed E-state index contributed by atoms with van der Waals surface area (Å²) in [6.07, 6.45) is 0. The first-order chi connectivity index (χ1) is 6.19. The van der Waals surface area contributed by atoms with Crippen LogP contribution < -0.4 is 5.32 Å². The van der Waals surface area contributed by atoms with Crippen LogP contribution in [0.5, 0.6) is 0 Å². The SMILES string of the molecule is COC(=O)C1CSC(C(=O)OC)N1. The molecule has 0 aromatic rings. The Morgan fingerprint density at radius 3 is 2.46 bits per heavy atom. The van der Waals surface area contributed by atoms with E-state index in [1.54, 1.807) is 0 Å². The van der Waals surface area contributed by atoms with Gasteiger partial charge in [-0.05, 0) is 0 Å². The van der Waals surface area contributed by atoms with Crippen LogP contribution in [-0.4, -0.2) is 43.3 Å². The van der Waals surface area contributed by atoms with Crippen LogP contribution in [0.1, 0.15) is 0 Å². The summed E-state index contributed by atoms with van der Waals surface area (Å²) in [6.45, 7) is 0. The first kappa shape index (κ1) is 10.3. The predicted molar refractivity (Wildman–Crippen MR) is 47.2 cm³/mol. The summed E-state index contributed by atoms with van der Waals surface area (Å²) in [5, 5.41) is 2.36. The van der Waals surface area contributed by atoms with E-state index in [4.69, 9.17) is 0 Å². The van der Waals surface area contributed by atoms with Gasteiger partial charge in [0.05, 0.1) is 14.2 Å². The zero-order valence-electron chi connectivity index (χ0n) is 7.40. The Balaban J connectivity index is 2.44. The molecule has 0 amide bonds. The van der Waals surface area contributed by atoms with Gasteiger partial charge >= 0.3 is 11.9 Å². The maximum Gasteiger partial charge on any atom is 0.333 e. The summed E-state index contributed by atoms with van der Waals surface area (Å²) in [7, 11) is 2.64. The number of thioether (sulfide) groups is 1. The van der Waals surface area contributed by atoms with Crippen LogP contribution in [0.4, 0.5) is 0 Å². The maximum atomic E-state index is 11.0. The monoisotopic (exact) mass is 205 g/mol. The third-order valence-corrected chi connectivity index (χ3v) is 2.87. The van der Waals surface area contributed by atoms with Crippen molar-refractivity contribution in [3.05, 3.63) is 0 Å². The topological polar surface area (TPSA) is 64.6 Å². The van der Waals surface area contributed by atoms with E-state index < -0.39 is 11.4 Å². The van der Waals surface area contributed by atoms with Crippen molar-refractivity contribution in [1.29, 1.82) is 0 Å². The minimum atomic E-state index is -0.450. The van der Waals surface area contributed by atoms with Gasteiger partial charge in [0, 0.05) is 5.75 Å². The summed E-state index contributed by atoms with van der Waals surface area (Å²) in [5.41, 5.74) is 0. The van der Waals surface area contributed by atoms with Gasteiger partial charge in [-0.2, -0.15) is 0 Å². The van der Waals surface area contributed by atoms with Crippen molar-refractivity contribution in [2.45, 2.75) is 11.4 Å². The van der Waals surface area contributed by atoms with E-state index in [0.29, 0.717) is 5.75 Å². The minimum absolute atomic E-state index is 0.348. The molecule has 1 N–H and O–H groups in total. The van der Waals surface area contributed by atoms with Gasteiger partial charge in [-0.25, -0.2) is 4.79 Å². The predicted octanol–water partition coefficient (Wildman–Crippen LogP) is -0.637. The molecule has 0 spiro atoms. The number of carbonyl (C=O) groups excluding carboxylic acids is 2. The van der Waals surface area contributed by atoms with E-state index >= 15 is 0 Å². The molecule has 1 saturated heterocycles. The Bertz CT molecular complexity index is 199. The van der Waals surface area contributed by atoms with Gasteiger partial charge in [-0.3, -0.25) is 10.1 Å². The molecule has 0 bridgehead atoms. The summed E-state index contributed by atoms with van der Waals surface area (Å²) in [4.78, 5) is 22.0. The Morgan fingerprint density at radius 1 is 1.31 bits per heavy atom. The molecule has 0 aromatic heterocycles. The van der Waals surface area contributed by atoms with E-state index in [0.717, 1.165) is 0 Å². The molecule has 2 unspecified atom stereocenters. The number of nitrogens with one attached hydrogen (secondary N) is 1. The fraction of sp³-hybridized carbons (Fsp3) is 0.714. The number of hydrogen-bond donors (Lipinski definition) is 1. The molecule has 74 valence electrons. The lowest BCUT2D eigenvalue weighted by molar-refractivity contribution is -0.143. The molecule has 0 aromatic carbocycles. The molecule has 2 atom stereocenters. The van der Waals surface area contributed by atoms with Gasteiger partial charge in [0.2, 0.25) is 0 Å². The molecule has 1 aliphatic heterocycles. The van der Waals surface area contributed by atoms with Gasteiger partial charge in [0.15, 0.2) is 5.37 Å².